The summed E-state index contributed by atoms with van der Waals surface area (Å²) in [7, 11) is 1.36. The van der Waals surface area contributed by atoms with E-state index in [9.17, 15) is 35.4 Å². The van der Waals surface area contributed by atoms with Gasteiger partial charge in [0.15, 0.2) is 17.3 Å². The first kappa shape index (κ1) is 22.7. The second kappa shape index (κ2) is 8.45. The summed E-state index contributed by atoms with van der Waals surface area (Å²) in [5, 5.41) is 60.0. The predicted octanol–water partition coefficient (Wildman–Crippen LogP) is 0.792. The molecule has 2 heterocycles. The fourth-order valence-electron chi connectivity index (χ4n) is 3.56. The fourth-order valence-corrected chi connectivity index (χ4v) is 3.56. The van der Waals surface area contributed by atoms with Gasteiger partial charge < -0.3 is 49.3 Å². The molecule has 0 saturated carbocycles. The molecule has 0 unspecified atom stereocenters. The second-order valence-electron chi connectivity index (χ2n) is 7.61. The largest absolute Gasteiger partial charge is 0.507 e. The Balaban J connectivity index is 1.93. The van der Waals surface area contributed by atoms with Crippen molar-refractivity contribution in [2.24, 2.45) is 0 Å². The summed E-state index contributed by atoms with van der Waals surface area (Å²) in [5.41, 5.74) is -0.802. The SMILES string of the molecule is COc1cc(O)c2c(=O)c(O[C@@H]3O[C@@H](C)[C@H](O)[C@@H](O)[C@@H]3O)c(-c3ccc(O)c(O)c3)oc2c1. The average Bonchev–Trinajstić information content (AvgIpc) is 2.78. The zero-order valence-electron chi connectivity index (χ0n) is 17.5. The quantitative estimate of drug-likeness (QED) is 0.302. The highest BCUT2D eigenvalue weighted by atomic mass is 16.7. The number of aliphatic hydroxyl groups is 3. The Labute approximate surface area is 186 Å². The maximum Gasteiger partial charge on any atom is 0.239 e. The molecule has 5 atom stereocenters. The smallest absolute Gasteiger partial charge is 0.239 e. The molecule has 0 radical (unpaired) electrons. The van der Waals surface area contributed by atoms with Crippen LogP contribution >= 0.6 is 0 Å². The lowest BCUT2D eigenvalue weighted by Gasteiger charge is -2.38. The highest BCUT2D eigenvalue weighted by Crippen LogP contribution is 2.39. The Morgan fingerprint density at radius 2 is 1.64 bits per heavy atom. The molecule has 2 aromatic carbocycles. The van der Waals surface area contributed by atoms with E-state index in [2.05, 4.69) is 0 Å². The van der Waals surface area contributed by atoms with Gasteiger partial charge in [-0.05, 0) is 25.1 Å². The Bertz CT molecular complexity index is 1250. The lowest BCUT2D eigenvalue weighted by atomic mass is 10.00. The Morgan fingerprint density at radius 1 is 0.909 bits per heavy atom. The van der Waals surface area contributed by atoms with Crippen LogP contribution in [0.1, 0.15) is 6.92 Å². The van der Waals surface area contributed by atoms with Crippen LogP contribution in [0, 0.1) is 0 Å². The molecule has 11 heteroatoms. The Kier molecular flexibility index (Phi) is 5.80. The number of hydrogen-bond donors (Lipinski definition) is 6. The van der Waals surface area contributed by atoms with E-state index in [-0.39, 0.29) is 28.0 Å². The van der Waals surface area contributed by atoms with E-state index in [4.69, 9.17) is 18.6 Å². The second-order valence-corrected chi connectivity index (χ2v) is 7.61. The molecule has 1 aliphatic rings. The Hall–Kier alpha value is -3.51. The van der Waals surface area contributed by atoms with Gasteiger partial charge in [0.1, 0.15) is 40.8 Å². The molecule has 0 aliphatic carbocycles. The number of benzene rings is 2. The van der Waals surface area contributed by atoms with Crippen molar-refractivity contribution < 1.29 is 49.3 Å². The normalized spacial score (nSPS) is 25.2. The summed E-state index contributed by atoms with van der Waals surface area (Å²) in [6.07, 6.45) is -7.26. The summed E-state index contributed by atoms with van der Waals surface area (Å²) < 4.78 is 22.0. The molecule has 0 spiro atoms. The van der Waals surface area contributed by atoms with E-state index in [1.807, 2.05) is 0 Å². The van der Waals surface area contributed by atoms with Crippen molar-refractivity contribution in [2.45, 2.75) is 37.6 Å². The van der Waals surface area contributed by atoms with E-state index in [1.165, 1.54) is 32.2 Å². The highest BCUT2D eigenvalue weighted by Gasteiger charge is 2.44. The monoisotopic (exact) mass is 462 g/mol. The summed E-state index contributed by atoms with van der Waals surface area (Å²) in [6, 6.07) is 6.17. The van der Waals surface area contributed by atoms with E-state index < -0.39 is 59.1 Å². The van der Waals surface area contributed by atoms with Crippen LogP contribution in [0.4, 0.5) is 0 Å². The minimum absolute atomic E-state index is 0.0688. The number of aliphatic hydroxyl groups excluding tert-OH is 3. The first-order chi connectivity index (χ1) is 15.6. The predicted molar refractivity (Wildman–Crippen MR) is 112 cm³/mol. The molecule has 33 heavy (non-hydrogen) atoms. The van der Waals surface area contributed by atoms with Crippen molar-refractivity contribution in [1.29, 1.82) is 0 Å². The first-order valence-electron chi connectivity index (χ1n) is 9.88. The average molecular weight is 462 g/mol. The van der Waals surface area contributed by atoms with Gasteiger partial charge in [-0.15, -0.1) is 0 Å². The Morgan fingerprint density at radius 3 is 2.30 bits per heavy atom. The molecule has 176 valence electrons. The lowest BCUT2D eigenvalue weighted by molar-refractivity contribution is -0.268. The van der Waals surface area contributed by atoms with Crippen LogP contribution < -0.4 is 14.9 Å². The number of ether oxygens (including phenoxy) is 3. The molecular formula is C22H22O11. The first-order valence-corrected chi connectivity index (χ1v) is 9.88. The van der Waals surface area contributed by atoms with Gasteiger partial charge >= 0.3 is 0 Å². The number of phenols is 3. The van der Waals surface area contributed by atoms with E-state index in [0.717, 1.165) is 12.1 Å². The summed E-state index contributed by atoms with van der Waals surface area (Å²) in [4.78, 5) is 13.4. The maximum absolute atomic E-state index is 13.4. The van der Waals surface area contributed by atoms with Crippen LogP contribution in [-0.2, 0) is 4.74 Å². The molecule has 3 aromatic rings. The van der Waals surface area contributed by atoms with E-state index in [0.29, 0.717) is 0 Å². The third-order valence-corrected chi connectivity index (χ3v) is 5.42. The van der Waals surface area contributed by atoms with Gasteiger partial charge in [0.2, 0.25) is 17.5 Å². The minimum Gasteiger partial charge on any atom is -0.507 e. The van der Waals surface area contributed by atoms with Gasteiger partial charge in [-0.1, -0.05) is 0 Å². The molecule has 1 aromatic heterocycles. The summed E-state index contributed by atoms with van der Waals surface area (Å²) in [6.45, 7) is 1.44. The van der Waals surface area contributed by atoms with Crippen molar-refractivity contribution in [3.8, 4) is 40.1 Å². The number of phenolic OH excluding ortho intramolecular Hbond substituents is 3. The fraction of sp³-hybridized carbons (Fsp3) is 0.318. The van der Waals surface area contributed by atoms with Gasteiger partial charge in [-0.3, -0.25) is 4.79 Å². The van der Waals surface area contributed by atoms with Gasteiger partial charge in [0, 0.05) is 17.7 Å². The van der Waals surface area contributed by atoms with Gasteiger partial charge in [-0.25, -0.2) is 0 Å². The number of fused-ring (bicyclic) bond motifs is 1. The zero-order valence-corrected chi connectivity index (χ0v) is 17.5. The molecule has 0 amide bonds. The molecule has 4 rings (SSSR count). The van der Waals surface area contributed by atoms with Crippen molar-refractivity contribution in [1.82, 2.24) is 0 Å². The molecule has 1 saturated heterocycles. The van der Waals surface area contributed by atoms with E-state index >= 15 is 0 Å². The third-order valence-electron chi connectivity index (χ3n) is 5.42. The number of methoxy groups -OCH3 is 1. The number of hydrogen-bond acceptors (Lipinski definition) is 11. The summed E-state index contributed by atoms with van der Waals surface area (Å²) in [5.74, 6) is -1.91. The highest BCUT2D eigenvalue weighted by molar-refractivity contribution is 5.88. The third kappa shape index (κ3) is 3.91. The molecule has 11 nitrogen and oxygen atoms in total. The van der Waals surface area contributed by atoms with Gasteiger partial charge in [0.25, 0.3) is 0 Å². The van der Waals surface area contributed by atoms with Gasteiger partial charge in [0.05, 0.1) is 13.2 Å². The summed E-state index contributed by atoms with van der Waals surface area (Å²) >= 11 is 0. The van der Waals surface area contributed by atoms with E-state index in [1.54, 1.807) is 0 Å². The molecule has 1 fully saturated rings. The van der Waals surface area contributed by atoms with Crippen LogP contribution in [0.3, 0.4) is 0 Å². The standard InChI is InChI=1S/C22H22O11/c1-8-16(26)18(28)19(29)22(31-8)33-21-17(27)15-13(25)6-10(30-2)7-14(15)32-20(21)9-3-4-11(23)12(24)5-9/h3-8,16,18-19,22-26,28-29H,1-2H3/t8-,16-,18+,19-,22-/m0/s1. The van der Waals surface area contributed by atoms with Crippen LogP contribution in [-0.4, -0.2) is 68.5 Å². The topological polar surface area (TPSA) is 179 Å². The van der Waals surface area contributed by atoms with Crippen molar-refractivity contribution in [3.63, 3.8) is 0 Å². The molecule has 1 aliphatic heterocycles. The van der Waals surface area contributed by atoms with Crippen LogP contribution in [0.2, 0.25) is 0 Å². The maximum atomic E-state index is 13.4. The number of rotatable bonds is 4. The molecular weight excluding hydrogens is 440 g/mol. The number of aromatic hydroxyl groups is 3. The van der Waals surface area contributed by atoms with Crippen molar-refractivity contribution >= 4 is 11.0 Å². The molecule has 6 N–H and O–H groups in total. The van der Waals surface area contributed by atoms with Crippen LogP contribution in [0.5, 0.6) is 28.7 Å². The molecule has 0 bridgehead atoms. The lowest BCUT2D eigenvalue weighted by Crippen LogP contribution is -2.58. The van der Waals surface area contributed by atoms with Crippen molar-refractivity contribution in [2.75, 3.05) is 7.11 Å². The van der Waals surface area contributed by atoms with Crippen molar-refractivity contribution in [3.05, 3.63) is 40.6 Å². The minimum atomic E-state index is -1.73. The van der Waals surface area contributed by atoms with Crippen LogP contribution in [0.25, 0.3) is 22.3 Å². The zero-order chi connectivity index (χ0) is 24.0. The van der Waals surface area contributed by atoms with Crippen LogP contribution in [0.15, 0.2) is 39.5 Å². The van der Waals surface area contributed by atoms with Gasteiger partial charge in [-0.2, -0.15) is 0 Å².